The molecule has 5 nitrogen and oxygen atoms in total. The van der Waals surface area contributed by atoms with Gasteiger partial charge in [-0.2, -0.15) is 4.57 Å². The average Bonchev–Trinajstić information content (AvgIpc) is 2.69. The Morgan fingerprint density at radius 2 is 1.74 bits per heavy atom. The van der Waals surface area contributed by atoms with Crippen LogP contribution in [0.2, 0.25) is 0 Å². The summed E-state index contributed by atoms with van der Waals surface area (Å²) in [4.78, 5) is 29.0. The molecule has 0 fully saturated rings. The summed E-state index contributed by atoms with van der Waals surface area (Å²) in [6, 6.07) is 16.4. The van der Waals surface area contributed by atoms with Crippen molar-refractivity contribution in [3.05, 3.63) is 90.0 Å². The van der Waals surface area contributed by atoms with E-state index in [-0.39, 0.29) is 18.0 Å². The molecular weight excluding hydrogens is 340 g/mol. The molecule has 3 rings (SSSR count). The van der Waals surface area contributed by atoms with Crippen LogP contribution >= 0.6 is 0 Å². The molecule has 0 aliphatic heterocycles. The van der Waals surface area contributed by atoms with Gasteiger partial charge < -0.3 is 4.74 Å². The van der Waals surface area contributed by atoms with Crippen molar-refractivity contribution >= 4 is 11.8 Å². The summed E-state index contributed by atoms with van der Waals surface area (Å²) in [5.74, 6) is 0.205. The molecule has 1 heterocycles. The van der Waals surface area contributed by atoms with Gasteiger partial charge >= 0.3 is 11.7 Å². The molecule has 0 aliphatic carbocycles. The predicted molar refractivity (Wildman–Crippen MR) is 101 cm³/mol. The summed E-state index contributed by atoms with van der Waals surface area (Å²) in [5, 5.41) is 0. The molecular formula is C22H21N2O3+. The van der Waals surface area contributed by atoms with Gasteiger partial charge in [-0.1, -0.05) is 56.3 Å². The summed E-state index contributed by atoms with van der Waals surface area (Å²) in [6.07, 6.45) is 4.54. The second kappa shape index (κ2) is 8.36. The Hall–Kier alpha value is -3.34. The maximum Gasteiger partial charge on any atom is 0.410 e. The van der Waals surface area contributed by atoms with E-state index in [4.69, 9.17) is 4.74 Å². The first-order valence-electron chi connectivity index (χ1n) is 8.78. The molecule has 0 aliphatic rings. The van der Waals surface area contributed by atoms with Gasteiger partial charge in [-0.25, -0.2) is 4.79 Å². The first kappa shape index (κ1) is 18.5. The summed E-state index contributed by atoms with van der Waals surface area (Å²) < 4.78 is 7.00. The molecule has 0 bridgehead atoms. The quantitative estimate of drug-likeness (QED) is 0.291. The number of hydrogen-bond acceptors (Lipinski definition) is 4. The second-order valence-electron chi connectivity index (χ2n) is 6.49. The molecule has 136 valence electrons. The van der Waals surface area contributed by atoms with Crippen LogP contribution in [0, 0.1) is 0 Å². The lowest BCUT2D eigenvalue weighted by molar-refractivity contribution is -0.686. The van der Waals surface area contributed by atoms with Gasteiger partial charge in [-0.15, -0.1) is 0 Å². The van der Waals surface area contributed by atoms with Crippen molar-refractivity contribution in [1.82, 2.24) is 4.98 Å². The van der Waals surface area contributed by atoms with Crippen LogP contribution in [0.15, 0.2) is 73.2 Å². The Morgan fingerprint density at radius 1 is 1.04 bits per heavy atom. The van der Waals surface area contributed by atoms with E-state index in [0.29, 0.717) is 17.2 Å². The Kier molecular flexibility index (Phi) is 5.71. The molecule has 0 N–H and O–H groups in total. The smallest absolute Gasteiger partial charge is 0.410 e. The predicted octanol–water partition coefficient (Wildman–Crippen LogP) is 3.59. The molecule has 3 aromatic rings. The van der Waals surface area contributed by atoms with Gasteiger partial charge in [0.2, 0.25) is 12.3 Å². The zero-order valence-corrected chi connectivity index (χ0v) is 15.3. The highest BCUT2D eigenvalue weighted by Gasteiger charge is 2.24. The van der Waals surface area contributed by atoms with Gasteiger partial charge in [0.1, 0.15) is 11.9 Å². The van der Waals surface area contributed by atoms with Crippen LogP contribution in [0.4, 0.5) is 0 Å². The maximum absolute atomic E-state index is 12.6. The van der Waals surface area contributed by atoms with Crippen LogP contribution < -0.4 is 9.30 Å². The lowest BCUT2D eigenvalue weighted by Gasteiger charge is -2.07. The Labute approximate surface area is 158 Å². The highest BCUT2D eigenvalue weighted by atomic mass is 16.5. The normalized spacial score (nSPS) is 10.6. The third-order valence-corrected chi connectivity index (χ3v) is 4.22. The fourth-order valence-corrected chi connectivity index (χ4v) is 2.65. The largest absolute Gasteiger partial charge is 0.419 e. The first-order valence-corrected chi connectivity index (χ1v) is 8.78. The lowest BCUT2D eigenvalue weighted by Crippen LogP contribution is -2.44. The van der Waals surface area contributed by atoms with Gasteiger partial charge in [0.05, 0.1) is 6.20 Å². The van der Waals surface area contributed by atoms with Crippen molar-refractivity contribution < 1.29 is 18.9 Å². The number of ketones is 1. The van der Waals surface area contributed by atoms with E-state index < -0.39 is 5.97 Å². The minimum atomic E-state index is -0.554. The molecule has 5 heteroatoms. The second-order valence-corrected chi connectivity index (χ2v) is 6.49. The van der Waals surface area contributed by atoms with Crippen molar-refractivity contribution in [3.8, 4) is 5.75 Å². The van der Waals surface area contributed by atoms with Gasteiger partial charge in [0.15, 0.2) is 6.20 Å². The monoisotopic (exact) mass is 361 g/mol. The molecule has 0 unspecified atom stereocenters. The summed E-state index contributed by atoms with van der Waals surface area (Å²) in [5.41, 5.74) is 1.97. The number of carbonyl (C=O) groups excluding carboxylic acids is 2. The minimum Gasteiger partial charge on any atom is -0.419 e. The molecule has 0 amide bonds. The highest BCUT2D eigenvalue weighted by molar-refractivity contribution is 5.95. The topological polar surface area (TPSA) is 60.1 Å². The van der Waals surface area contributed by atoms with Crippen LogP contribution in [0.1, 0.15) is 46.2 Å². The van der Waals surface area contributed by atoms with Gasteiger partial charge in [0.25, 0.3) is 0 Å². The van der Waals surface area contributed by atoms with E-state index >= 15 is 0 Å². The first-order chi connectivity index (χ1) is 13.0. The molecule has 0 spiro atoms. The third-order valence-electron chi connectivity index (χ3n) is 4.22. The van der Waals surface area contributed by atoms with Gasteiger partial charge in [-0.3, -0.25) is 9.78 Å². The minimum absolute atomic E-state index is 0.0310. The molecule has 27 heavy (non-hydrogen) atoms. The summed E-state index contributed by atoms with van der Waals surface area (Å²) in [7, 11) is 0. The summed E-state index contributed by atoms with van der Waals surface area (Å²) in [6.45, 7) is 4.23. The van der Waals surface area contributed by atoms with Gasteiger partial charge in [0, 0.05) is 5.56 Å². The van der Waals surface area contributed by atoms with Crippen LogP contribution in [0.3, 0.4) is 0 Å². The fraction of sp³-hybridized carbons (Fsp3) is 0.182. The average molecular weight is 361 g/mol. The number of carbonyl (C=O) groups is 2. The number of esters is 1. The molecule has 0 saturated heterocycles. The lowest BCUT2D eigenvalue weighted by atomic mass is 10.0. The SMILES string of the molecule is CC(C)c1ccc(OC(=O)c2cncc[n+]2CC(=O)c2ccccc2)cc1. The van der Waals surface area contributed by atoms with Crippen molar-refractivity contribution in [1.29, 1.82) is 0 Å². The van der Waals surface area contributed by atoms with Crippen LogP contribution in [-0.4, -0.2) is 16.7 Å². The molecule has 1 aromatic heterocycles. The fourth-order valence-electron chi connectivity index (χ4n) is 2.65. The number of nitrogens with zero attached hydrogens (tertiary/aromatic N) is 2. The van der Waals surface area contributed by atoms with E-state index in [9.17, 15) is 9.59 Å². The van der Waals surface area contributed by atoms with Crippen LogP contribution in [-0.2, 0) is 6.54 Å². The number of aromatic nitrogens is 2. The van der Waals surface area contributed by atoms with Crippen LogP contribution in [0.5, 0.6) is 5.75 Å². The standard InChI is InChI=1S/C22H21N2O3/c1-16(2)17-8-10-19(11-9-17)27-22(26)20-14-23-12-13-24(20)15-21(25)18-6-4-3-5-7-18/h3-14,16H,15H2,1-2H3/q+1. The molecule has 2 aromatic carbocycles. The number of rotatable bonds is 6. The Bertz CT molecular complexity index is 935. The van der Waals surface area contributed by atoms with Crippen LogP contribution in [0.25, 0.3) is 0 Å². The van der Waals surface area contributed by atoms with Crippen molar-refractivity contribution in [2.24, 2.45) is 0 Å². The van der Waals surface area contributed by atoms with Crippen molar-refractivity contribution in [3.63, 3.8) is 0 Å². The molecule has 0 atom stereocenters. The van der Waals surface area contributed by atoms with Crippen molar-refractivity contribution in [2.75, 3.05) is 0 Å². The van der Waals surface area contributed by atoms with E-state index in [1.54, 1.807) is 47.2 Å². The van der Waals surface area contributed by atoms with Gasteiger partial charge in [-0.05, 0) is 23.6 Å². The maximum atomic E-state index is 12.6. The molecule has 0 radical (unpaired) electrons. The number of hydrogen-bond donors (Lipinski definition) is 0. The van der Waals surface area contributed by atoms with E-state index in [0.717, 1.165) is 0 Å². The zero-order chi connectivity index (χ0) is 19.2. The third kappa shape index (κ3) is 4.64. The summed E-state index contributed by atoms with van der Waals surface area (Å²) >= 11 is 0. The molecule has 0 saturated carbocycles. The van der Waals surface area contributed by atoms with E-state index in [1.165, 1.54) is 18.0 Å². The van der Waals surface area contributed by atoms with Crippen molar-refractivity contribution in [2.45, 2.75) is 26.3 Å². The van der Waals surface area contributed by atoms with E-state index in [1.807, 2.05) is 18.2 Å². The van der Waals surface area contributed by atoms with E-state index in [2.05, 4.69) is 18.8 Å². The number of benzene rings is 2. The zero-order valence-electron chi connectivity index (χ0n) is 15.3. The number of ether oxygens (including phenoxy) is 1. The Morgan fingerprint density at radius 3 is 2.41 bits per heavy atom. The number of Topliss-reactive ketones (excluding diaryl/α,β-unsaturated/α-hetero) is 1. The highest BCUT2D eigenvalue weighted by Crippen LogP contribution is 2.19. The Balaban J connectivity index is 1.76.